The minimum Gasteiger partial charge on any atom is -0.337 e. The molecule has 1 fully saturated rings. The van der Waals surface area contributed by atoms with Crippen molar-refractivity contribution in [3.8, 4) is 0 Å². The summed E-state index contributed by atoms with van der Waals surface area (Å²) in [6, 6.07) is 5.49. The van der Waals surface area contributed by atoms with E-state index in [4.69, 9.17) is 0 Å². The second kappa shape index (κ2) is 6.48. The molecule has 26 heavy (non-hydrogen) atoms. The summed E-state index contributed by atoms with van der Waals surface area (Å²) in [5.41, 5.74) is -0.310. The number of halogens is 1. The average molecular weight is 435 g/mol. The first-order valence-electron chi connectivity index (χ1n) is 8.08. The summed E-state index contributed by atoms with van der Waals surface area (Å²) in [6.07, 6.45) is 3.22. The fourth-order valence-electron chi connectivity index (χ4n) is 2.89. The van der Waals surface area contributed by atoms with E-state index >= 15 is 0 Å². The minimum atomic E-state index is -0.520. The monoisotopic (exact) mass is 434 g/mol. The Bertz CT molecular complexity index is 1130. The lowest BCUT2D eigenvalue weighted by atomic mass is 10.2. The first-order chi connectivity index (χ1) is 12.4. The number of carbonyl (C=O) groups is 1. The van der Waals surface area contributed by atoms with Crippen LogP contribution >= 0.6 is 27.3 Å². The van der Waals surface area contributed by atoms with E-state index in [0.717, 1.165) is 21.5 Å². The Morgan fingerprint density at radius 2 is 2.19 bits per heavy atom. The molecule has 7 nitrogen and oxygen atoms in total. The molecule has 0 unspecified atom stereocenters. The van der Waals surface area contributed by atoms with Crippen molar-refractivity contribution in [1.82, 2.24) is 19.4 Å². The predicted octanol–water partition coefficient (Wildman–Crippen LogP) is 2.52. The zero-order chi connectivity index (χ0) is 18.4. The SMILES string of the molecule is CN(Cc1ccc(Br)s1)C(=O)c1cnc2c(c1)c(=O)[nH]c(=O)n2C1CC1. The van der Waals surface area contributed by atoms with E-state index in [1.807, 2.05) is 12.1 Å². The van der Waals surface area contributed by atoms with Crippen LogP contribution in [0.15, 0.2) is 37.8 Å². The highest BCUT2D eigenvalue weighted by atomic mass is 79.9. The molecular weight excluding hydrogens is 420 g/mol. The highest BCUT2D eigenvalue weighted by molar-refractivity contribution is 9.11. The van der Waals surface area contributed by atoms with E-state index in [0.29, 0.717) is 17.8 Å². The van der Waals surface area contributed by atoms with Crippen LogP contribution in [0.3, 0.4) is 0 Å². The van der Waals surface area contributed by atoms with Crippen molar-refractivity contribution < 1.29 is 4.79 Å². The van der Waals surface area contributed by atoms with E-state index in [1.165, 1.54) is 16.8 Å². The summed E-state index contributed by atoms with van der Waals surface area (Å²) in [4.78, 5) is 46.2. The summed E-state index contributed by atoms with van der Waals surface area (Å²) in [7, 11) is 1.70. The van der Waals surface area contributed by atoms with Crippen LogP contribution in [0.2, 0.25) is 0 Å². The van der Waals surface area contributed by atoms with Crippen LogP contribution in [-0.4, -0.2) is 32.4 Å². The van der Waals surface area contributed by atoms with Crippen molar-refractivity contribution >= 4 is 44.2 Å². The van der Waals surface area contributed by atoms with Crippen molar-refractivity contribution in [2.24, 2.45) is 0 Å². The summed E-state index contributed by atoms with van der Waals surface area (Å²) in [5.74, 6) is -0.229. The number of H-pyrrole nitrogens is 1. The maximum Gasteiger partial charge on any atom is 0.330 e. The van der Waals surface area contributed by atoms with E-state index in [-0.39, 0.29) is 17.3 Å². The zero-order valence-electron chi connectivity index (χ0n) is 13.9. The molecular formula is C17H15BrN4O3S. The summed E-state index contributed by atoms with van der Waals surface area (Å²) < 4.78 is 2.52. The maximum absolute atomic E-state index is 12.7. The highest BCUT2D eigenvalue weighted by Crippen LogP contribution is 2.34. The largest absolute Gasteiger partial charge is 0.337 e. The van der Waals surface area contributed by atoms with E-state index in [9.17, 15) is 14.4 Å². The summed E-state index contributed by atoms with van der Waals surface area (Å²) >= 11 is 4.97. The number of hydrogen-bond donors (Lipinski definition) is 1. The van der Waals surface area contributed by atoms with Crippen molar-refractivity contribution in [1.29, 1.82) is 0 Å². The van der Waals surface area contributed by atoms with Gasteiger partial charge in [0.2, 0.25) is 0 Å². The molecule has 1 amide bonds. The van der Waals surface area contributed by atoms with Crippen LogP contribution in [0, 0.1) is 0 Å². The summed E-state index contributed by atoms with van der Waals surface area (Å²) in [6.45, 7) is 0.463. The van der Waals surface area contributed by atoms with Gasteiger partial charge in [-0.2, -0.15) is 0 Å². The van der Waals surface area contributed by atoms with Crippen LogP contribution in [0.25, 0.3) is 11.0 Å². The van der Waals surface area contributed by atoms with Gasteiger partial charge in [0, 0.05) is 24.2 Å². The Morgan fingerprint density at radius 1 is 1.42 bits per heavy atom. The standard InChI is InChI=1S/C17H15BrN4O3S/c1-21(8-11-4-5-13(18)26-11)16(24)9-6-12-14(19-7-9)22(10-2-3-10)17(25)20-15(12)23/h4-7,10H,2-3,8H2,1H3,(H,20,23,25). The van der Waals surface area contributed by atoms with Crippen LogP contribution in [0.4, 0.5) is 0 Å². The first kappa shape index (κ1) is 17.2. The third-order valence-corrected chi connectivity index (χ3v) is 5.91. The molecule has 1 aliphatic rings. The van der Waals surface area contributed by atoms with Gasteiger partial charge in [0.1, 0.15) is 5.65 Å². The van der Waals surface area contributed by atoms with Gasteiger partial charge in [0.05, 0.1) is 21.3 Å². The van der Waals surface area contributed by atoms with Crippen LogP contribution < -0.4 is 11.2 Å². The van der Waals surface area contributed by atoms with E-state index < -0.39 is 11.2 Å². The lowest BCUT2D eigenvalue weighted by Gasteiger charge is -2.16. The topological polar surface area (TPSA) is 88.1 Å². The first-order valence-corrected chi connectivity index (χ1v) is 9.69. The Morgan fingerprint density at radius 3 is 2.85 bits per heavy atom. The molecule has 0 spiro atoms. The Kier molecular flexibility index (Phi) is 4.28. The average Bonchev–Trinajstić information content (AvgIpc) is 3.36. The van der Waals surface area contributed by atoms with Crippen molar-refractivity contribution in [3.63, 3.8) is 0 Å². The van der Waals surface area contributed by atoms with Crippen molar-refractivity contribution in [3.05, 3.63) is 59.5 Å². The molecule has 0 aromatic carbocycles. The molecule has 4 rings (SSSR count). The third-order valence-electron chi connectivity index (χ3n) is 4.31. The molecule has 9 heteroatoms. The van der Waals surface area contributed by atoms with Crippen LogP contribution in [0.5, 0.6) is 0 Å². The fourth-order valence-corrected chi connectivity index (χ4v) is 4.43. The number of carbonyl (C=O) groups excluding carboxylic acids is 1. The number of aromatic amines is 1. The molecule has 0 aliphatic heterocycles. The number of pyridine rings is 1. The van der Waals surface area contributed by atoms with Gasteiger partial charge < -0.3 is 4.90 Å². The Labute approximate surface area is 160 Å². The van der Waals surface area contributed by atoms with Gasteiger partial charge in [-0.15, -0.1) is 11.3 Å². The molecule has 0 atom stereocenters. The lowest BCUT2D eigenvalue weighted by molar-refractivity contribution is 0.0786. The number of amides is 1. The molecule has 1 saturated carbocycles. The molecule has 0 bridgehead atoms. The highest BCUT2D eigenvalue weighted by Gasteiger charge is 2.28. The van der Waals surface area contributed by atoms with E-state index in [1.54, 1.807) is 23.3 Å². The Balaban J connectivity index is 1.69. The molecule has 1 aliphatic carbocycles. The van der Waals surface area contributed by atoms with Crippen molar-refractivity contribution in [2.75, 3.05) is 7.05 Å². The molecule has 1 N–H and O–H groups in total. The number of rotatable bonds is 4. The lowest BCUT2D eigenvalue weighted by Crippen LogP contribution is -2.31. The number of thiophene rings is 1. The smallest absolute Gasteiger partial charge is 0.330 e. The molecule has 3 heterocycles. The van der Waals surface area contributed by atoms with E-state index in [2.05, 4.69) is 25.9 Å². The van der Waals surface area contributed by atoms with Gasteiger partial charge in [-0.25, -0.2) is 9.78 Å². The molecule has 134 valence electrons. The maximum atomic E-state index is 12.7. The van der Waals surface area contributed by atoms with Gasteiger partial charge >= 0.3 is 5.69 Å². The van der Waals surface area contributed by atoms with Gasteiger partial charge in [-0.05, 0) is 47.0 Å². The number of nitrogens with zero attached hydrogens (tertiary/aromatic N) is 3. The molecule has 0 radical (unpaired) electrons. The van der Waals surface area contributed by atoms with Gasteiger partial charge in [0.25, 0.3) is 11.5 Å². The Hall–Kier alpha value is -2.26. The number of fused-ring (bicyclic) bond motifs is 1. The number of aromatic nitrogens is 3. The second-order valence-electron chi connectivity index (χ2n) is 6.32. The zero-order valence-corrected chi connectivity index (χ0v) is 16.3. The quantitative estimate of drug-likeness (QED) is 0.682. The fraction of sp³-hybridized carbons (Fsp3) is 0.294. The van der Waals surface area contributed by atoms with Crippen LogP contribution in [-0.2, 0) is 6.54 Å². The third kappa shape index (κ3) is 3.12. The molecule has 3 aromatic rings. The molecule has 3 aromatic heterocycles. The number of hydrogen-bond acceptors (Lipinski definition) is 5. The minimum absolute atomic E-state index is 0.0795. The summed E-state index contributed by atoms with van der Waals surface area (Å²) in [5, 5.41) is 0.259. The normalized spacial score (nSPS) is 13.9. The predicted molar refractivity (Wildman–Crippen MR) is 103 cm³/mol. The van der Waals surface area contributed by atoms with Crippen LogP contribution in [0.1, 0.15) is 34.1 Å². The van der Waals surface area contributed by atoms with Gasteiger partial charge in [0.15, 0.2) is 0 Å². The van der Waals surface area contributed by atoms with Crippen molar-refractivity contribution in [2.45, 2.75) is 25.4 Å². The van der Waals surface area contributed by atoms with Gasteiger partial charge in [-0.3, -0.25) is 19.1 Å². The van der Waals surface area contributed by atoms with Gasteiger partial charge in [-0.1, -0.05) is 0 Å². The second-order valence-corrected chi connectivity index (χ2v) is 8.87. The number of nitrogens with one attached hydrogen (secondary N) is 1. The molecule has 0 saturated heterocycles.